The number of H-pyrrole nitrogens is 1. The maximum absolute atomic E-state index is 11.6. The summed E-state index contributed by atoms with van der Waals surface area (Å²) in [5.41, 5.74) is 1.92. The first-order valence-corrected chi connectivity index (χ1v) is 4.80. The van der Waals surface area contributed by atoms with Crippen LogP contribution in [0.3, 0.4) is 0 Å². The molecule has 4 heteroatoms. The molecule has 0 aromatic carbocycles. The van der Waals surface area contributed by atoms with Crippen molar-refractivity contribution in [2.75, 3.05) is 0 Å². The van der Waals surface area contributed by atoms with Gasteiger partial charge in [-0.3, -0.25) is 9.78 Å². The number of pyridine rings is 2. The Morgan fingerprint density at radius 3 is 3.06 bits per heavy atom. The fourth-order valence-corrected chi connectivity index (χ4v) is 1.46. The van der Waals surface area contributed by atoms with E-state index >= 15 is 0 Å². The van der Waals surface area contributed by atoms with Crippen molar-refractivity contribution in [3.05, 3.63) is 52.7 Å². The molecule has 0 aliphatic rings. The fraction of sp³-hybridized carbons (Fsp3) is 0.0833. The van der Waals surface area contributed by atoms with Gasteiger partial charge in [-0.1, -0.05) is 6.07 Å². The summed E-state index contributed by atoms with van der Waals surface area (Å²) in [6.45, 7) is 0. The van der Waals surface area contributed by atoms with Gasteiger partial charge >= 0.3 is 0 Å². The average molecular weight is 211 g/mol. The summed E-state index contributed by atoms with van der Waals surface area (Å²) in [5.74, 6) is 0. The van der Waals surface area contributed by atoms with Crippen molar-refractivity contribution in [1.29, 1.82) is 5.26 Å². The Morgan fingerprint density at radius 2 is 2.38 bits per heavy atom. The van der Waals surface area contributed by atoms with Gasteiger partial charge in [0.25, 0.3) is 5.56 Å². The first kappa shape index (κ1) is 10.1. The molecule has 0 atom stereocenters. The number of hydrogen-bond donors (Lipinski definition) is 1. The summed E-state index contributed by atoms with van der Waals surface area (Å²) >= 11 is 0. The van der Waals surface area contributed by atoms with E-state index in [0.29, 0.717) is 5.56 Å². The Labute approximate surface area is 92.2 Å². The molecular weight excluding hydrogens is 202 g/mol. The second kappa shape index (κ2) is 4.41. The van der Waals surface area contributed by atoms with E-state index in [9.17, 15) is 4.79 Å². The molecular formula is C12H9N3O. The SMILES string of the molecule is N#CCc1c[nH]c(=O)c(-c2cccnc2)c1. The second-order valence-corrected chi connectivity index (χ2v) is 3.33. The van der Waals surface area contributed by atoms with Crippen LogP contribution in [0.15, 0.2) is 41.6 Å². The third-order valence-corrected chi connectivity index (χ3v) is 2.22. The van der Waals surface area contributed by atoms with Gasteiger partial charge in [-0.05, 0) is 17.7 Å². The van der Waals surface area contributed by atoms with Crippen molar-refractivity contribution < 1.29 is 0 Å². The summed E-state index contributed by atoms with van der Waals surface area (Å²) in [5, 5.41) is 8.60. The number of aromatic nitrogens is 2. The van der Waals surface area contributed by atoms with Crippen LogP contribution in [0.1, 0.15) is 5.56 Å². The molecule has 0 saturated carbocycles. The molecule has 4 nitrogen and oxygen atoms in total. The largest absolute Gasteiger partial charge is 0.328 e. The number of aromatic amines is 1. The molecule has 0 fully saturated rings. The maximum Gasteiger partial charge on any atom is 0.255 e. The predicted molar refractivity (Wildman–Crippen MR) is 59.6 cm³/mol. The van der Waals surface area contributed by atoms with E-state index in [1.54, 1.807) is 30.7 Å². The highest BCUT2D eigenvalue weighted by Gasteiger charge is 2.04. The second-order valence-electron chi connectivity index (χ2n) is 3.33. The van der Waals surface area contributed by atoms with Gasteiger partial charge in [-0.15, -0.1) is 0 Å². The Balaban J connectivity index is 2.53. The van der Waals surface area contributed by atoms with E-state index in [0.717, 1.165) is 11.1 Å². The quantitative estimate of drug-likeness (QED) is 0.818. The lowest BCUT2D eigenvalue weighted by atomic mass is 10.1. The summed E-state index contributed by atoms with van der Waals surface area (Å²) in [6, 6.07) is 7.35. The normalized spacial score (nSPS) is 9.69. The molecule has 0 unspecified atom stereocenters. The Bertz CT molecular complexity index is 581. The van der Waals surface area contributed by atoms with Crippen LogP contribution >= 0.6 is 0 Å². The summed E-state index contributed by atoms with van der Waals surface area (Å²) in [6.07, 6.45) is 5.12. The number of hydrogen-bond acceptors (Lipinski definition) is 3. The molecule has 0 bridgehead atoms. The van der Waals surface area contributed by atoms with Gasteiger partial charge in [0.15, 0.2) is 0 Å². The molecule has 2 heterocycles. The average Bonchev–Trinajstić information content (AvgIpc) is 2.33. The first-order valence-electron chi connectivity index (χ1n) is 4.80. The van der Waals surface area contributed by atoms with Crippen LogP contribution in [0.5, 0.6) is 0 Å². The molecule has 2 rings (SSSR count). The topological polar surface area (TPSA) is 69.5 Å². The maximum atomic E-state index is 11.6. The van der Waals surface area contributed by atoms with Crippen molar-refractivity contribution >= 4 is 0 Å². The Hall–Kier alpha value is -2.41. The predicted octanol–water partition coefficient (Wildman–Crippen LogP) is 1.50. The van der Waals surface area contributed by atoms with Gasteiger partial charge in [0, 0.05) is 29.7 Å². The lowest BCUT2D eigenvalue weighted by Crippen LogP contribution is -2.09. The molecule has 0 amide bonds. The van der Waals surface area contributed by atoms with E-state index in [-0.39, 0.29) is 12.0 Å². The van der Waals surface area contributed by atoms with Crippen LogP contribution in [0.4, 0.5) is 0 Å². The van der Waals surface area contributed by atoms with E-state index in [1.807, 2.05) is 12.1 Å². The molecule has 2 aromatic rings. The van der Waals surface area contributed by atoms with Crippen LogP contribution in [0.2, 0.25) is 0 Å². The lowest BCUT2D eigenvalue weighted by molar-refractivity contribution is 1.15. The minimum absolute atomic E-state index is 0.172. The van der Waals surface area contributed by atoms with E-state index in [2.05, 4.69) is 9.97 Å². The highest BCUT2D eigenvalue weighted by Crippen LogP contribution is 2.14. The highest BCUT2D eigenvalue weighted by atomic mass is 16.1. The summed E-state index contributed by atoms with van der Waals surface area (Å²) < 4.78 is 0. The van der Waals surface area contributed by atoms with E-state index < -0.39 is 0 Å². The number of nitriles is 1. The summed E-state index contributed by atoms with van der Waals surface area (Å²) in [7, 11) is 0. The monoisotopic (exact) mass is 211 g/mol. The molecule has 2 aromatic heterocycles. The molecule has 1 N–H and O–H groups in total. The van der Waals surface area contributed by atoms with Gasteiger partial charge in [-0.2, -0.15) is 5.26 Å². The zero-order chi connectivity index (χ0) is 11.4. The Kier molecular flexibility index (Phi) is 2.79. The van der Waals surface area contributed by atoms with Crippen LogP contribution in [0, 0.1) is 11.3 Å². The molecule has 78 valence electrons. The zero-order valence-electron chi connectivity index (χ0n) is 8.47. The van der Waals surface area contributed by atoms with Gasteiger partial charge in [0.1, 0.15) is 0 Å². The van der Waals surface area contributed by atoms with Gasteiger partial charge < -0.3 is 4.98 Å². The standard InChI is InChI=1S/C12H9N3O/c13-4-3-9-6-11(12(16)15-7-9)10-2-1-5-14-8-10/h1-2,5-8H,3H2,(H,15,16). The van der Waals surface area contributed by atoms with Crippen LogP contribution < -0.4 is 5.56 Å². The highest BCUT2D eigenvalue weighted by molar-refractivity contribution is 5.61. The third-order valence-electron chi connectivity index (χ3n) is 2.22. The summed E-state index contributed by atoms with van der Waals surface area (Å²) in [4.78, 5) is 18.2. The molecule has 0 saturated heterocycles. The van der Waals surface area contributed by atoms with Crippen LogP contribution in [-0.4, -0.2) is 9.97 Å². The zero-order valence-corrected chi connectivity index (χ0v) is 8.47. The lowest BCUT2D eigenvalue weighted by Gasteiger charge is -2.01. The molecule has 0 spiro atoms. The first-order chi connectivity index (χ1) is 7.81. The van der Waals surface area contributed by atoms with E-state index in [1.165, 1.54) is 0 Å². The Morgan fingerprint density at radius 1 is 1.50 bits per heavy atom. The van der Waals surface area contributed by atoms with Crippen molar-refractivity contribution in [3.8, 4) is 17.2 Å². The molecule has 16 heavy (non-hydrogen) atoms. The van der Waals surface area contributed by atoms with Gasteiger partial charge in [0.05, 0.1) is 12.5 Å². The van der Waals surface area contributed by atoms with Crippen molar-refractivity contribution in [2.24, 2.45) is 0 Å². The van der Waals surface area contributed by atoms with Crippen molar-refractivity contribution in [2.45, 2.75) is 6.42 Å². The van der Waals surface area contributed by atoms with Gasteiger partial charge in [0.2, 0.25) is 0 Å². The van der Waals surface area contributed by atoms with Crippen LogP contribution in [-0.2, 0) is 6.42 Å². The number of nitrogens with one attached hydrogen (secondary N) is 1. The van der Waals surface area contributed by atoms with Crippen LogP contribution in [0.25, 0.3) is 11.1 Å². The van der Waals surface area contributed by atoms with Crippen molar-refractivity contribution in [3.63, 3.8) is 0 Å². The fourth-order valence-electron chi connectivity index (χ4n) is 1.46. The minimum Gasteiger partial charge on any atom is -0.328 e. The molecule has 0 aliphatic heterocycles. The third kappa shape index (κ3) is 1.98. The molecule has 0 aliphatic carbocycles. The minimum atomic E-state index is -0.172. The van der Waals surface area contributed by atoms with E-state index in [4.69, 9.17) is 5.26 Å². The van der Waals surface area contributed by atoms with Gasteiger partial charge in [-0.25, -0.2) is 0 Å². The van der Waals surface area contributed by atoms with Crippen molar-refractivity contribution in [1.82, 2.24) is 9.97 Å². The number of rotatable bonds is 2. The number of nitrogens with zero attached hydrogens (tertiary/aromatic N) is 2. The smallest absolute Gasteiger partial charge is 0.255 e. The molecule has 0 radical (unpaired) electrons.